The van der Waals surface area contributed by atoms with Crippen molar-refractivity contribution in [3.8, 4) is 0 Å². The van der Waals surface area contributed by atoms with Crippen LogP contribution in [-0.4, -0.2) is 11.8 Å². The third kappa shape index (κ3) is 3.10. The number of nitroso groups, excluding NO2 is 1. The van der Waals surface area contributed by atoms with Crippen molar-refractivity contribution in [3.63, 3.8) is 0 Å². The highest BCUT2D eigenvalue weighted by molar-refractivity contribution is 6.30. The molecule has 1 unspecified atom stereocenters. The van der Waals surface area contributed by atoms with Gasteiger partial charge in [0.05, 0.1) is 0 Å². The second-order valence-corrected chi connectivity index (χ2v) is 2.89. The van der Waals surface area contributed by atoms with Gasteiger partial charge in [-0.05, 0) is 17.7 Å². The first-order valence-corrected chi connectivity index (χ1v) is 4.08. The zero-order valence-electron chi connectivity index (χ0n) is 6.77. The molecule has 70 valence electrons. The van der Waals surface area contributed by atoms with Crippen LogP contribution in [0.25, 0.3) is 0 Å². The van der Waals surface area contributed by atoms with Crippen LogP contribution in [0.15, 0.2) is 29.4 Å². The summed E-state index contributed by atoms with van der Waals surface area (Å²) in [6, 6.07) is 6.74. The Hall–Kier alpha value is -0.970. The van der Waals surface area contributed by atoms with Crippen LogP contribution in [0.3, 0.4) is 0 Å². The molecular formula is C8H9ClN2O2. The lowest BCUT2D eigenvalue weighted by Gasteiger charge is -2.10. The Kier molecular flexibility index (Phi) is 3.82. The van der Waals surface area contributed by atoms with E-state index in [0.717, 1.165) is 0 Å². The van der Waals surface area contributed by atoms with E-state index in [1.807, 2.05) is 0 Å². The quantitative estimate of drug-likeness (QED) is 0.574. The maximum Gasteiger partial charge on any atom is 0.133 e. The van der Waals surface area contributed by atoms with E-state index in [9.17, 15) is 10.0 Å². The first-order chi connectivity index (χ1) is 6.24. The Balaban J connectivity index is 2.65. The lowest BCUT2D eigenvalue weighted by atomic mass is 10.2. The number of nitrogens with one attached hydrogen (secondary N) is 1. The van der Waals surface area contributed by atoms with E-state index in [-0.39, 0.29) is 6.67 Å². The first-order valence-electron chi connectivity index (χ1n) is 3.70. The van der Waals surface area contributed by atoms with Crippen LogP contribution < -0.4 is 5.32 Å². The lowest BCUT2D eigenvalue weighted by molar-refractivity contribution is 0.140. The number of aliphatic hydroxyl groups is 1. The Morgan fingerprint density at radius 2 is 2.38 bits per heavy atom. The lowest BCUT2D eigenvalue weighted by Crippen LogP contribution is -2.20. The Labute approximate surface area is 80.5 Å². The standard InChI is InChI=1S/C8H9ClN2O2/c9-7-3-1-2-6(4-7)8(12)10-5-11-13/h1-4,8,10,12H,5H2. The number of nitrogens with zero attached hydrogens (tertiary/aromatic N) is 1. The molecule has 0 spiro atoms. The highest BCUT2D eigenvalue weighted by Crippen LogP contribution is 2.15. The van der Waals surface area contributed by atoms with Gasteiger partial charge < -0.3 is 5.11 Å². The van der Waals surface area contributed by atoms with Crippen LogP contribution in [0.1, 0.15) is 11.8 Å². The van der Waals surface area contributed by atoms with Crippen LogP contribution in [0, 0.1) is 4.91 Å². The van der Waals surface area contributed by atoms with E-state index in [0.29, 0.717) is 10.6 Å². The molecule has 0 fully saturated rings. The number of hydrogen-bond donors (Lipinski definition) is 2. The monoisotopic (exact) mass is 200 g/mol. The van der Waals surface area contributed by atoms with Gasteiger partial charge in [-0.15, -0.1) is 4.91 Å². The molecule has 0 saturated carbocycles. The van der Waals surface area contributed by atoms with Crippen molar-refractivity contribution in [2.24, 2.45) is 5.18 Å². The van der Waals surface area contributed by atoms with Crippen molar-refractivity contribution in [1.29, 1.82) is 0 Å². The highest BCUT2D eigenvalue weighted by atomic mass is 35.5. The van der Waals surface area contributed by atoms with Crippen molar-refractivity contribution in [2.45, 2.75) is 6.23 Å². The third-order valence-corrected chi connectivity index (χ3v) is 1.75. The molecule has 0 heterocycles. The molecule has 1 atom stereocenters. The highest BCUT2D eigenvalue weighted by Gasteiger charge is 2.05. The summed E-state index contributed by atoms with van der Waals surface area (Å²) in [5.74, 6) is 0. The average molecular weight is 201 g/mol. The average Bonchev–Trinajstić information content (AvgIpc) is 2.14. The van der Waals surface area contributed by atoms with E-state index in [2.05, 4.69) is 10.5 Å². The van der Waals surface area contributed by atoms with Gasteiger partial charge in [-0.25, -0.2) is 0 Å². The van der Waals surface area contributed by atoms with Gasteiger partial charge in [-0.1, -0.05) is 28.9 Å². The molecule has 5 heteroatoms. The predicted molar refractivity (Wildman–Crippen MR) is 50.2 cm³/mol. The zero-order chi connectivity index (χ0) is 9.68. The normalized spacial score (nSPS) is 12.5. The van der Waals surface area contributed by atoms with Gasteiger partial charge in [-0.3, -0.25) is 5.32 Å². The van der Waals surface area contributed by atoms with Gasteiger partial charge in [-0.2, -0.15) is 0 Å². The van der Waals surface area contributed by atoms with Crippen LogP contribution in [-0.2, 0) is 0 Å². The molecule has 0 aliphatic carbocycles. The van der Waals surface area contributed by atoms with E-state index >= 15 is 0 Å². The summed E-state index contributed by atoms with van der Waals surface area (Å²) in [5.41, 5.74) is 0.608. The molecule has 0 radical (unpaired) electrons. The summed E-state index contributed by atoms with van der Waals surface area (Å²) in [6.07, 6.45) is -0.906. The molecule has 0 bridgehead atoms. The minimum atomic E-state index is -0.906. The molecule has 2 N–H and O–H groups in total. The summed E-state index contributed by atoms with van der Waals surface area (Å²) in [4.78, 5) is 9.76. The van der Waals surface area contributed by atoms with Gasteiger partial charge in [0, 0.05) is 5.02 Å². The van der Waals surface area contributed by atoms with Crippen LogP contribution in [0.4, 0.5) is 0 Å². The smallest absolute Gasteiger partial charge is 0.133 e. The van der Waals surface area contributed by atoms with E-state index in [1.54, 1.807) is 24.3 Å². The Morgan fingerprint density at radius 1 is 1.62 bits per heavy atom. The summed E-state index contributed by atoms with van der Waals surface area (Å²) in [5, 5.41) is 15.0. The van der Waals surface area contributed by atoms with Crippen LogP contribution in [0.2, 0.25) is 5.02 Å². The molecule has 0 saturated heterocycles. The number of hydrogen-bond acceptors (Lipinski definition) is 4. The SMILES string of the molecule is O=NCNC(O)c1cccc(Cl)c1. The molecule has 0 aliphatic heterocycles. The van der Waals surface area contributed by atoms with E-state index in [4.69, 9.17) is 11.6 Å². The van der Waals surface area contributed by atoms with Crippen molar-refractivity contribution in [1.82, 2.24) is 5.32 Å². The fourth-order valence-corrected chi connectivity index (χ4v) is 1.12. The Bertz CT molecular complexity index is 293. The minimum absolute atomic E-state index is 0.131. The largest absolute Gasteiger partial charge is 0.374 e. The topological polar surface area (TPSA) is 61.7 Å². The van der Waals surface area contributed by atoms with E-state index < -0.39 is 6.23 Å². The van der Waals surface area contributed by atoms with Crippen molar-refractivity contribution in [3.05, 3.63) is 39.8 Å². The minimum Gasteiger partial charge on any atom is -0.374 e. The zero-order valence-corrected chi connectivity index (χ0v) is 7.53. The molecule has 0 aromatic heterocycles. The number of rotatable bonds is 4. The molecule has 0 amide bonds. The van der Waals surface area contributed by atoms with Gasteiger partial charge in [0.2, 0.25) is 0 Å². The number of aliphatic hydroxyl groups excluding tert-OH is 1. The second kappa shape index (κ2) is 4.91. The summed E-state index contributed by atoms with van der Waals surface area (Å²) < 4.78 is 0. The van der Waals surface area contributed by atoms with Crippen molar-refractivity contribution in [2.75, 3.05) is 6.67 Å². The predicted octanol–water partition coefficient (Wildman–Crippen LogP) is 1.64. The molecule has 13 heavy (non-hydrogen) atoms. The number of benzene rings is 1. The molecule has 1 rings (SSSR count). The summed E-state index contributed by atoms with van der Waals surface area (Å²) in [7, 11) is 0. The van der Waals surface area contributed by atoms with Crippen LogP contribution >= 0.6 is 11.6 Å². The third-order valence-electron chi connectivity index (χ3n) is 1.51. The first kappa shape index (κ1) is 10.1. The fourth-order valence-electron chi connectivity index (χ4n) is 0.918. The fraction of sp³-hybridized carbons (Fsp3) is 0.250. The maximum absolute atomic E-state index is 9.76. The van der Waals surface area contributed by atoms with Gasteiger partial charge >= 0.3 is 0 Å². The molecule has 1 aromatic rings. The molecule has 4 nitrogen and oxygen atoms in total. The van der Waals surface area contributed by atoms with Gasteiger partial charge in [0.25, 0.3) is 0 Å². The summed E-state index contributed by atoms with van der Waals surface area (Å²) >= 11 is 5.70. The van der Waals surface area contributed by atoms with E-state index in [1.165, 1.54) is 0 Å². The van der Waals surface area contributed by atoms with Crippen LogP contribution in [0.5, 0.6) is 0 Å². The molecule has 1 aromatic carbocycles. The summed E-state index contributed by atoms with van der Waals surface area (Å²) in [6.45, 7) is -0.131. The van der Waals surface area contributed by atoms with Crippen molar-refractivity contribution < 1.29 is 5.11 Å². The Morgan fingerprint density at radius 3 is 3.00 bits per heavy atom. The molecular weight excluding hydrogens is 192 g/mol. The number of halogens is 1. The molecule has 0 aliphatic rings. The second-order valence-electron chi connectivity index (χ2n) is 2.45. The van der Waals surface area contributed by atoms with Crippen molar-refractivity contribution >= 4 is 11.6 Å². The maximum atomic E-state index is 9.76. The van der Waals surface area contributed by atoms with Gasteiger partial charge in [0.1, 0.15) is 12.9 Å². The van der Waals surface area contributed by atoms with Gasteiger partial charge in [0.15, 0.2) is 0 Å².